The lowest BCUT2D eigenvalue weighted by molar-refractivity contribution is 0.0191. The lowest BCUT2D eigenvalue weighted by Crippen LogP contribution is -2.46. The summed E-state index contributed by atoms with van der Waals surface area (Å²) in [4.78, 5) is 40.2. The average molecular weight is 330 g/mol. The molecule has 0 aliphatic carbocycles. The molecule has 0 bridgehead atoms. The molecule has 0 unspecified atom stereocenters. The Hall–Kier alpha value is -2.37. The van der Waals surface area contributed by atoms with Crippen LogP contribution in [0.1, 0.15) is 54.3 Å². The number of fused-ring (bicyclic) bond motifs is 1. The number of hydrogen-bond donors (Lipinski definition) is 0. The summed E-state index contributed by atoms with van der Waals surface area (Å²) in [6.07, 6.45) is 1.21. The predicted molar refractivity (Wildman–Crippen MR) is 87.8 cm³/mol. The van der Waals surface area contributed by atoms with Gasteiger partial charge in [0.15, 0.2) is 0 Å². The number of carbonyl (C=O) groups excluding carboxylic acids is 3. The topological polar surface area (TPSA) is 66.9 Å². The first-order valence-corrected chi connectivity index (χ1v) is 8.23. The van der Waals surface area contributed by atoms with Crippen molar-refractivity contribution in [3.63, 3.8) is 0 Å². The molecule has 3 rings (SSSR count). The van der Waals surface area contributed by atoms with Gasteiger partial charge in [-0.3, -0.25) is 14.5 Å². The molecule has 2 aliphatic rings. The molecule has 3 amide bonds. The summed E-state index contributed by atoms with van der Waals surface area (Å²) in [5.74, 6) is -0.571. The third-order valence-electron chi connectivity index (χ3n) is 4.28. The summed E-state index contributed by atoms with van der Waals surface area (Å²) in [7, 11) is 0. The van der Waals surface area contributed by atoms with E-state index in [0.29, 0.717) is 17.7 Å². The number of ether oxygens (including phenoxy) is 1. The van der Waals surface area contributed by atoms with E-state index in [2.05, 4.69) is 0 Å². The molecular weight excluding hydrogens is 308 g/mol. The Labute approximate surface area is 141 Å². The highest BCUT2D eigenvalue weighted by atomic mass is 16.6. The molecule has 128 valence electrons. The molecule has 0 radical (unpaired) electrons. The molecule has 0 aromatic heterocycles. The fourth-order valence-electron chi connectivity index (χ4n) is 3.20. The van der Waals surface area contributed by atoms with Gasteiger partial charge in [0.2, 0.25) is 0 Å². The fourth-order valence-corrected chi connectivity index (χ4v) is 3.20. The lowest BCUT2D eigenvalue weighted by atomic mass is 10.1. The van der Waals surface area contributed by atoms with Crippen LogP contribution in [0.2, 0.25) is 0 Å². The number of imide groups is 1. The zero-order chi connectivity index (χ0) is 17.5. The van der Waals surface area contributed by atoms with E-state index in [9.17, 15) is 14.4 Å². The van der Waals surface area contributed by atoms with Crippen molar-refractivity contribution in [1.29, 1.82) is 0 Å². The minimum absolute atomic E-state index is 0.193. The van der Waals surface area contributed by atoms with Gasteiger partial charge in [-0.05, 0) is 45.7 Å². The van der Waals surface area contributed by atoms with Crippen LogP contribution in [0.3, 0.4) is 0 Å². The SMILES string of the molecule is CC(C)(C)OC(=O)N1CCC[C@H]1CN1C(=O)c2ccccc2C1=O. The smallest absolute Gasteiger partial charge is 0.410 e. The van der Waals surface area contributed by atoms with Gasteiger partial charge in [-0.15, -0.1) is 0 Å². The first kappa shape index (κ1) is 16.5. The molecule has 6 nitrogen and oxygen atoms in total. The number of nitrogens with zero attached hydrogens (tertiary/aromatic N) is 2. The molecule has 24 heavy (non-hydrogen) atoms. The lowest BCUT2D eigenvalue weighted by Gasteiger charge is -2.30. The summed E-state index contributed by atoms with van der Waals surface area (Å²) in [6, 6.07) is 6.62. The standard InChI is InChI=1S/C18H22N2O4/c1-18(2,3)24-17(23)19-10-6-7-12(19)11-20-15(21)13-8-4-5-9-14(13)16(20)22/h4-5,8-9,12H,6-7,10-11H2,1-3H3/t12-/m0/s1. The fraction of sp³-hybridized carbons (Fsp3) is 0.500. The van der Waals surface area contributed by atoms with Crippen LogP contribution in [0.4, 0.5) is 4.79 Å². The number of benzene rings is 1. The van der Waals surface area contributed by atoms with E-state index in [1.807, 2.05) is 20.8 Å². The highest BCUT2D eigenvalue weighted by Crippen LogP contribution is 2.27. The van der Waals surface area contributed by atoms with Crippen molar-refractivity contribution in [3.05, 3.63) is 35.4 Å². The molecule has 2 heterocycles. The van der Waals surface area contributed by atoms with Crippen molar-refractivity contribution >= 4 is 17.9 Å². The molecule has 0 N–H and O–H groups in total. The van der Waals surface area contributed by atoms with Crippen molar-refractivity contribution < 1.29 is 19.1 Å². The zero-order valence-electron chi connectivity index (χ0n) is 14.2. The summed E-state index contributed by atoms with van der Waals surface area (Å²) in [5, 5.41) is 0. The van der Waals surface area contributed by atoms with Gasteiger partial charge in [0, 0.05) is 13.1 Å². The second-order valence-electron chi connectivity index (χ2n) is 7.24. The van der Waals surface area contributed by atoms with Crippen molar-refractivity contribution in [2.45, 2.75) is 45.3 Å². The van der Waals surface area contributed by atoms with Crippen LogP contribution in [0.5, 0.6) is 0 Å². The first-order chi connectivity index (χ1) is 11.3. The van der Waals surface area contributed by atoms with Crippen molar-refractivity contribution in [3.8, 4) is 0 Å². The number of carbonyl (C=O) groups is 3. The summed E-state index contributed by atoms with van der Waals surface area (Å²) < 4.78 is 5.43. The van der Waals surface area contributed by atoms with Gasteiger partial charge in [0.1, 0.15) is 5.60 Å². The van der Waals surface area contributed by atoms with Crippen LogP contribution in [-0.4, -0.2) is 52.4 Å². The summed E-state index contributed by atoms with van der Waals surface area (Å²) in [6.45, 7) is 6.26. The highest BCUT2D eigenvalue weighted by molar-refractivity contribution is 6.21. The molecule has 1 fully saturated rings. The molecule has 1 aromatic carbocycles. The molecule has 1 atom stereocenters. The molecule has 0 spiro atoms. The van der Waals surface area contributed by atoms with Crippen molar-refractivity contribution in [2.75, 3.05) is 13.1 Å². The van der Waals surface area contributed by atoms with E-state index < -0.39 is 5.60 Å². The Morgan fingerprint density at radius 1 is 1.17 bits per heavy atom. The maximum absolute atomic E-state index is 12.5. The number of rotatable bonds is 2. The van der Waals surface area contributed by atoms with Crippen LogP contribution >= 0.6 is 0 Å². The van der Waals surface area contributed by atoms with Gasteiger partial charge in [0.25, 0.3) is 11.8 Å². The Morgan fingerprint density at radius 3 is 2.29 bits per heavy atom. The van der Waals surface area contributed by atoms with Gasteiger partial charge in [-0.1, -0.05) is 12.1 Å². The Kier molecular flexibility index (Phi) is 4.07. The maximum Gasteiger partial charge on any atom is 0.410 e. The molecule has 2 aliphatic heterocycles. The Balaban J connectivity index is 1.73. The summed E-state index contributed by atoms with van der Waals surface area (Å²) in [5.41, 5.74) is 0.299. The number of likely N-dealkylation sites (tertiary alicyclic amines) is 1. The molecule has 1 aromatic rings. The third kappa shape index (κ3) is 3.00. The van der Waals surface area contributed by atoms with Crippen LogP contribution in [0.15, 0.2) is 24.3 Å². The van der Waals surface area contributed by atoms with Crippen LogP contribution < -0.4 is 0 Å². The van der Waals surface area contributed by atoms with E-state index in [1.54, 1.807) is 29.2 Å². The highest BCUT2D eigenvalue weighted by Gasteiger charge is 2.40. The third-order valence-corrected chi connectivity index (χ3v) is 4.28. The predicted octanol–water partition coefficient (Wildman–Crippen LogP) is 2.68. The van der Waals surface area contributed by atoms with Gasteiger partial charge < -0.3 is 9.64 Å². The largest absolute Gasteiger partial charge is 0.444 e. The van der Waals surface area contributed by atoms with Gasteiger partial charge in [-0.2, -0.15) is 0 Å². The van der Waals surface area contributed by atoms with E-state index in [0.717, 1.165) is 12.8 Å². The first-order valence-electron chi connectivity index (χ1n) is 8.23. The van der Waals surface area contributed by atoms with Crippen LogP contribution in [0.25, 0.3) is 0 Å². The molecule has 1 saturated heterocycles. The van der Waals surface area contributed by atoms with Gasteiger partial charge in [-0.25, -0.2) is 4.79 Å². The quantitative estimate of drug-likeness (QED) is 0.782. The summed E-state index contributed by atoms with van der Waals surface area (Å²) >= 11 is 0. The van der Waals surface area contributed by atoms with Crippen LogP contribution in [0, 0.1) is 0 Å². The van der Waals surface area contributed by atoms with Crippen molar-refractivity contribution in [2.24, 2.45) is 0 Å². The zero-order valence-corrected chi connectivity index (χ0v) is 14.2. The number of amides is 3. The monoisotopic (exact) mass is 330 g/mol. The second kappa shape index (κ2) is 5.92. The minimum atomic E-state index is -0.570. The minimum Gasteiger partial charge on any atom is -0.444 e. The van der Waals surface area contributed by atoms with Gasteiger partial charge in [0.05, 0.1) is 17.2 Å². The molecule has 0 saturated carbocycles. The second-order valence-corrected chi connectivity index (χ2v) is 7.24. The molecule has 6 heteroatoms. The van der Waals surface area contributed by atoms with E-state index in [-0.39, 0.29) is 30.5 Å². The Morgan fingerprint density at radius 2 is 1.75 bits per heavy atom. The average Bonchev–Trinajstić information content (AvgIpc) is 3.06. The van der Waals surface area contributed by atoms with Gasteiger partial charge >= 0.3 is 6.09 Å². The van der Waals surface area contributed by atoms with E-state index in [1.165, 1.54) is 4.90 Å². The Bertz CT molecular complexity index is 658. The molecular formula is C18H22N2O4. The van der Waals surface area contributed by atoms with Crippen LogP contribution in [-0.2, 0) is 4.74 Å². The normalized spacial score (nSPS) is 20.5. The van der Waals surface area contributed by atoms with E-state index >= 15 is 0 Å². The van der Waals surface area contributed by atoms with Crippen molar-refractivity contribution in [1.82, 2.24) is 9.80 Å². The number of hydrogen-bond acceptors (Lipinski definition) is 4. The van der Waals surface area contributed by atoms with E-state index in [4.69, 9.17) is 4.74 Å². The maximum atomic E-state index is 12.5.